The van der Waals surface area contributed by atoms with Crippen LogP contribution in [0, 0.1) is 13.8 Å². The Morgan fingerprint density at radius 2 is 1.87 bits per heavy atom. The van der Waals surface area contributed by atoms with E-state index in [1.165, 1.54) is 16.9 Å². The molecule has 2 rings (SSSR count). The molecule has 164 valence electrons. The highest BCUT2D eigenvalue weighted by molar-refractivity contribution is 7.15. The van der Waals surface area contributed by atoms with Gasteiger partial charge in [-0.05, 0) is 57.7 Å². The summed E-state index contributed by atoms with van der Waals surface area (Å²) < 4.78 is 5.39. The molecule has 2 amide bonds. The highest BCUT2D eigenvalue weighted by Crippen LogP contribution is 2.21. The van der Waals surface area contributed by atoms with Gasteiger partial charge in [-0.2, -0.15) is 0 Å². The molecule has 0 saturated carbocycles. The number of amides is 2. The smallest absolute Gasteiger partial charge is 0.254 e. The number of carbonyl (C=O) groups is 2. The standard InChI is InChI=1S/C23H33N3O3S/c1-5-7-9-19-10-12-20(13-11-19)22(28)26(14-8-15-29-6-2)16-21(27)25-23-24-17(3)18(4)30-23/h10-13H,5-9,14-16H2,1-4H3,(H,24,25,27). The Balaban J connectivity index is 2.04. The summed E-state index contributed by atoms with van der Waals surface area (Å²) in [4.78, 5) is 32.6. The Kier molecular flexibility index (Phi) is 9.97. The zero-order chi connectivity index (χ0) is 21.9. The summed E-state index contributed by atoms with van der Waals surface area (Å²) in [6.07, 6.45) is 3.96. The van der Waals surface area contributed by atoms with Gasteiger partial charge >= 0.3 is 0 Å². The van der Waals surface area contributed by atoms with Crippen molar-refractivity contribution in [3.8, 4) is 0 Å². The third-order valence-electron chi connectivity index (χ3n) is 4.84. The Hall–Kier alpha value is -2.25. The molecule has 7 heteroatoms. The molecule has 0 bridgehead atoms. The number of carbonyl (C=O) groups excluding carboxylic acids is 2. The molecule has 0 aliphatic heterocycles. The second-order valence-corrected chi connectivity index (χ2v) is 8.49. The second kappa shape index (κ2) is 12.4. The van der Waals surface area contributed by atoms with E-state index in [0.717, 1.165) is 29.8 Å². The van der Waals surface area contributed by atoms with Crippen LogP contribution in [-0.4, -0.2) is 48.0 Å². The van der Waals surface area contributed by atoms with Crippen LogP contribution in [0.3, 0.4) is 0 Å². The van der Waals surface area contributed by atoms with Gasteiger partial charge in [0.1, 0.15) is 6.54 Å². The molecule has 0 saturated heterocycles. The van der Waals surface area contributed by atoms with Gasteiger partial charge in [-0.25, -0.2) is 4.98 Å². The van der Waals surface area contributed by atoms with E-state index >= 15 is 0 Å². The minimum absolute atomic E-state index is 0.0137. The van der Waals surface area contributed by atoms with Gasteiger partial charge in [0, 0.05) is 30.2 Å². The summed E-state index contributed by atoms with van der Waals surface area (Å²) in [6, 6.07) is 7.72. The lowest BCUT2D eigenvalue weighted by molar-refractivity contribution is -0.116. The molecule has 1 aromatic heterocycles. The second-order valence-electron chi connectivity index (χ2n) is 7.29. The molecule has 0 radical (unpaired) electrons. The number of nitrogens with one attached hydrogen (secondary N) is 1. The van der Waals surface area contributed by atoms with E-state index in [0.29, 0.717) is 36.9 Å². The van der Waals surface area contributed by atoms with Gasteiger partial charge in [0.05, 0.1) is 5.69 Å². The van der Waals surface area contributed by atoms with Crippen molar-refractivity contribution in [1.29, 1.82) is 0 Å². The van der Waals surface area contributed by atoms with Crippen molar-refractivity contribution in [1.82, 2.24) is 9.88 Å². The fourth-order valence-corrected chi connectivity index (χ4v) is 3.82. The maximum atomic E-state index is 13.1. The van der Waals surface area contributed by atoms with E-state index in [1.54, 1.807) is 4.90 Å². The number of hydrogen-bond acceptors (Lipinski definition) is 5. The molecule has 0 aliphatic carbocycles. The van der Waals surface area contributed by atoms with Crippen LogP contribution in [0.1, 0.15) is 59.6 Å². The van der Waals surface area contributed by atoms with Crippen LogP contribution in [0.5, 0.6) is 0 Å². The van der Waals surface area contributed by atoms with Crippen molar-refractivity contribution in [3.63, 3.8) is 0 Å². The van der Waals surface area contributed by atoms with Crippen molar-refractivity contribution in [3.05, 3.63) is 46.0 Å². The summed E-state index contributed by atoms with van der Waals surface area (Å²) in [5, 5.41) is 3.38. The summed E-state index contributed by atoms with van der Waals surface area (Å²) in [6.45, 7) is 9.62. The molecule has 1 aromatic carbocycles. The molecule has 0 aliphatic rings. The third-order valence-corrected chi connectivity index (χ3v) is 5.83. The SMILES string of the molecule is CCCCc1ccc(C(=O)N(CCCOCC)CC(=O)Nc2nc(C)c(C)s2)cc1. The first kappa shape index (κ1) is 24.0. The van der Waals surface area contributed by atoms with E-state index in [2.05, 4.69) is 17.2 Å². The fraction of sp³-hybridized carbons (Fsp3) is 0.522. The maximum Gasteiger partial charge on any atom is 0.254 e. The minimum atomic E-state index is -0.243. The Morgan fingerprint density at radius 3 is 2.47 bits per heavy atom. The zero-order valence-corrected chi connectivity index (χ0v) is 19.3. The van der Waals surface area contributed by atoms with E-state index in [1.807, 2.05) is 45.0 Å². The normalized spacial score (nSPS) is 10.8. The van der Waals surface area contributed by atoms with Gasteiger partial charge in [-0.3, -0.25) is 9.59 Å². The average molecular weight is 432 g/mol. The molecule has 0 spiro atoms. The van der Waals surface area contributed by atoms with Gasteiger partial charge < -0.3 is 15.0 Å². The first-order chi connectivity index (χ1) is 14.4. The summed E-state index contributed by atoms with van der Waals surface area (Å²) >= 11 is 1.44. The van der Waals surface area contributed by atoms with Crippen LogP contribution < -0.4 is 5.32 Å². The first-order valence-electron chi connectivity index (χ1n) is 10.6. The Labute approximate surface area is 183 Å². The van der Waals surface area contributed by atoms with Gasteiger partial charge in [0.15, 0.2) is 5.13 Å². The van der Waals surface area contributed by atoms with Gasteiger partial charge in [0.25, 0.3) is 5.91 Å². The first-order valence-corrected chi connectivity index (χ1v) is 11.5. The molecular formula is C23H33N3O3S. The van der Waals surface area contributed by atoms with Crippen molar-refractivity contribution in [2.45, 2.75) is 53.4 Å². The Bertz CT molecular complexity index is 798. The number of unbranched alkanes of at least 4 members (excludes halogenated alkanes) is 1. The van der Waals surface area contributed by atoms with Gasteiger partial charge in [-0.1, -0.05) is 25.5 Å². The monoisotopic (exact) mass is 431 g/mol. The van der Waals surface area contributed by atoms with Crippen LogP contribution in [0.15, 0.2) is 24.3 Å². The molecule has 0 atom stereocenters. The number of ether oxygens (including phenoxy) is 1. The van der Waals surface area contributed by atoms with Crippen LogP contribution in [-0.2, 0) is 16.0 Å². The van der Waals surface area contributed by atoms with Crippen molar-refractivity contribution in [2.24, 2.45) is 0 Å². The van der Waals surface area contributed by atoms with E-state index in [4.69, 9.17) is 4.74 Å². The molecule has 0 unspecified atom stereocenters. The predicted octanol–water partition coefficient (Wildman–Crippen LogP) is 4.61. The van der Waals surface area contributed by atoms with Crippen molar-refractivity contribution in [2.75, 3.05) is 31.6 Å². The number of hydrogen-bond donors (Lipinski definition) is 1. The molecule has 2 aromatic rings. The number of aromatic nitrogens is 1. The number of aryl methyl sites for hydroxylation is 3. The molecule has 1 heterocycles. The maximum absolute atomic E-state index is 13.1. The number of anilines is 1. The Morgan fingerprint density at radius 1 is 1.13 bits per heavy atom. The third kappa shape index (κ3) is 7.54. The number of benzene rings is 1. The van der Waals surface area contributed by atoms with Crippen molar-refractivity contribution < 1.29 is 14.3 Å². The summed E-state index contributed by atoms with van der Waals surface area (Å²) in [5.74, 6) is -0.386. The van der Waals surface area contributed by atoms with Gasteiger partial charge in [0.2, 0.25) is 5.91 Å². The number of thiazole rings is 1. The van der Waals surface area contributed by atoms with E-state index in [9.17, 15) is 9.59 Å². The number of rotatable bonds is 12. The lowest BCUT2D eigenvalue weighted by Crippen LogP contribution is -2.39. The predicted molar refractivity (Wildman–Crippen MR) is 122 cm³/mol. The topological polar surface area (TPSA) is 71.5 Å². The molecular weight excluding hydrogens is 398 g/mol. The number of nitrogens with zero attached hydrogens (tertiary/aromatic N) is 2. The highest BCUT2D eigenvalue weighted by atomic mass is 32.1. The summed E-state index contributed by atoms with van der Waals surface area (Å²) in [5.41, 5.74) is 2.73. The van der Waals surface area contributed by atoms with E-state index in [-0.39, 0.29) is 18.4 Å². The molecule has 1 N–H and O–H groups in total. The highest BCUT2D eigenvalue weighted by Gasteiger charge is 2.19. The quantitative estimate of drug-likeness (QED) is 0.498. The molecule has 6 nitrogen and oxygen atoms in total. The molecule has 0 fully saturated rings. The van der Waals surface area contributed by atoms with Crippen LogP contribution in [0.4, 0.5) is 5.13 Å². The average Bonchev–Trinajstić information content (AvgIpc) is 3.05. The van der Waals surface area contributed by atoms with E-state index < -0.39 is 0 Å². The lowest BCUT2D eigenvalue weighted by atomic mass is 10.1. The van der Waals surface area contributed by atoms with Crippen LogP contribution in [0.2, 0.25) is 0 Å². The lowest BCUT2D eigenvalue weighted by Gasteiger charge is -2.22. The minimum Gasteiger partial charge on any atom is -0.382 e. The van der Waals surface area contributed by atoms with Crippen LogP contribution in [0.25, 0.3) is 0 Å². The van der Waals surface area contributed by atoms with Crippen molar-refractivity contribution >= 4 is 28.3 Å². The molecule has 30 heavy (non-hydrogen) atoms. The fourth-order valence-electron chi connectivity index (χ4n) is 2.99. The largest absolute Gasteiger partial charge is 0.382 e. The summed E-state index contributed by atoms with van der Waals surface area (Å²) in [7, 11) is 0. The van der Waals surface area contributed by atoms with Gasteiger partial charge in [-0.15, -0.1) is 11.3 Å². The zero-order valence-electron chi connectivity index (χ0n) is 18.5. The van der Waals surface area contributed by atoms with Crippen LogP contribution >= 0.6 is 11.3 Å².